The molecule has 1 N–H and O–H groups in total. The van der Waals surface area contributed by atoms with E-state index in [4.69, 9.17) is 0 Å². The molecule has 0 amide bonds. The fourth-order valence-electron chi connectivity index (χ4n) is 0.891. The summed E-state index contributed by atoms with van der Waals surface area (Å²) in [6.07, 6.45) is 4.16. The summed E-state index contributed by atoms with van der Waals surface area (Å²) in [4.78, 5) is 0. The van der Waals surface area contributed by atoms with Crippen molar-refractivity contribution in [1.29, 1.82) is 0 Å². The summed E-state index contributed by atoms with van der Waals surface area (Å²) < 4.78 is 0. The van der Waals surface area contributed by atoms with Crippen LogP contribution in [0.2, 0.25) is 0 Å². The third-order valence-electron chi connectivity index (χ3n) is 1.72. The topological polar surface area (TPSA) is 24.4 Å². The van der Waals surface area contributed by atoms with Gasteiger partial charge in [0.25, 0.3) is 0 Å². The zero-order valence-electron chi connectivity index (χ0n) is 5.06. The second-order valence-corrected chi connectivity index (χ2v) is 2.32. The fourth-order valence-corrected chi connectivity index (χ4v) is 0.891. The van der Waals surface area contributed by atoms with E-state index >= 15 is 0 Å². The Morgan fingerprint density at radius 3 is 2.75 bits per heavy atom. The summed E-state index contributed by atoms with van der Waals surface area (Å²) in [7, 11) is 0. The van der Waals surface area contributed by atoms with Crippen molar-refractivity contribution in [3.63, 3.8) is 0 Å². The van der Waals surface area contributed by atoms with Gasteiger partial charge in [-0.3, -0.25) is 0 Å². The van der Waals surface area contributed by atoms with E-state index in [1.54, 1.807) is 0 Å². The number of rotatable bonds is 3. The van der Waals surface area contributed by atoms with E-state index in [0.29, 0.717) is 0 Å². The quantitative estimate of drug-likeness (QED) is 0.427. The van der Waals surface area contributed by atoms with Crippen LogP contribution in [0.1, 0.15) is 19.3 Å². The highest BCUT2D eigenvalue weighted by Gasteiger charge is 2.15. The van der Waals surface area contributed by atoms with E-state index in [2.05, 4.69) is 17.2 Å². The van der Waals surface area contributed by atoms with Gasteiger partial charge in [-0.25, -0.2) is 0 Å². The lowest BCUT2D eigenvalue weighted by Crippen LogP contribution is -2.23. The van der Waals surface area contributed by atoms with Gasteiger partial charge in [-0.05, 0) is 18.8 Å². The van der Waals surface area contributed by atoms with E-state index in [1.165, 1.54) is 19.3 Å². The van der Waals surface area contributed by atoms with Crippen molar-refractivity contribution in [1.82, 2.24) is 5.43 Å². The number of nitrogens with zero attached hydrogens (tertiary/aromatic N) is 1. The maximum absolute atomic E-state index is 3.56. The van der Waals surface area contributed by atoms with Crippen molar-refractivity contribution in [3.8, 4) is 0 Å². The third kappa shape index (κ3) is 1.22. The first-order chi connectivity index (χ1) is 3.93. The summed E-state index contributed by atoms with van der Waals surface area (Å²) in [5.41, 5.74) is 2.86. The van der Waals surface area contributed by atoms with Gasteiger partial charge in [-0.15, -0.1) is 0 Å². The van der Waals surface area contributed by atoms with Crippen molar-refractivity contribution in [2.45, 2.75) is 19.3 Å². The monoisotopic (exact) mass is 112 g/mol. The van der Waals surface area contributed by atoms with Crippen LogP contribution in [-0.4, -0.2) is 13.3 Å². The molecule has 0 heterocycles. The lowest BCUT2D eigenvalue weighted by atomic mass is 9.86. The van der Waals surface area contributed by atoms with Crippen LogP contribution in [0.5, 0.6) is 0 Å². The van der Waals surface area contributed by atoms with Crippen LogP contribution in [0.4, 0.5) is 0 Å². The van der Waals surface area contributed by atoms with Crippen LogP contribution in [0.15, 0.2) is 5.10 Å². The maximum Gasteiger partial charge on any atom is 0.0357 e. The molecule has 1 saturated carbocycles. The lowest BCUT2D eigenvalue weighted by molar-refractivity contribution is 0.304. The van der Waals surface area contributed by atoms with E-state index in [9.17, 15) is 0 Å². The predicted octanol–water partition coefficient (Wildman–Crippen LogP) is 0.992. The van der Waals surface area contributed by atoms with Crippen LogP contribution < -0.4 is 5.43 Å². The SMILES string of the molecule is C=NNCC1CCC1. The minimum Gasteiger partial charge on any atom is -0.310 e. The van der Waals surface area contributed by atoms with Crippen LogP contribution in [0.3, 0.4) is 0 Å². The Morgan fingerprint density at radius 1 is 1.62 bits per heavy atom. The predicted molar refractivity (Wildman–Crippen MR) is 34.9 cm³/mol. The Hall–Kier alpha value is -0.530. The highest BCUT2D eigenvalue weighted by molar-refractivity contribution is 5.22. The van der Waals surface area contributed by atoms with Gasteiger partial charge in [0.15, 0.2) is 0 Å². The van der Waals surface area contributed by atoms with E-state index in [0.717, 1.165) is 12.5 Å². The Kier molecular flexibility index (Phi) is 1.89. The summed E-state index contributed by atoms with van der Waals surface area (Å²) in [6.45, 7) is 4.36. The standard InChI is InChI=1S/C6H12N2/c1-7-8-5-6-3-2-4-6/h6,8H,1-5H2. The maximum atomic E-state index is 3.56. The Balaban J connectivity index is 1.93. The van der Waals surface area contributed by atoms with Crippen LogP contribution in [0, 0.1) is 5.92 Å². The smallest absolute Gasteiger partial charge is 0.0357 e. The molecule has 8 heavy (non-hydrogen) atoms. The zero-order valence-corrected chi connectivity index (χ0v) is 5.06. The van der Waals surface area contributed by atoms with Gasteiger partial charge in [-0.1, -0.05) is 6.42 Å². The molecular weight excluding hydrogens is 100 g/mol. The first-order valence-electron chi connectivity index (χ1n) is 3.12. The van der Waals surface area contributed by atoms with Crippen molar-refractivity contribution >= 4 is 6.72 Å². The van der Waals surface area contributed by atoms with Gasteiger partial charge in [0.1, 0.15) is 0 Å². The minimum absolute atomic E-state index is 0.889. The molecule has 0 atom stereocenters. The number of nitrogens with one attached hydrogen (secondary N) is 1. The van der Waals surface area contributed by atoms with Gasteiger partial charge >= 0.3 is 0 Å². The molecule has 1 rings (SSSR count). The molecule has 0 aromatic rings. The normalized spacial score (nSPS) is 19.5. The van der Waals surface area contributed by atoms with Crippen molar-refractivity contribution < 1.29 is 0 Å². The van der Waals surface area contributed by atoms with E-state index < -0.39 is 0 Å². The van der Waals surface area contributed by atoms with Gasteiger partial charge in [0, 0.05) is 13.3 Å². The molecule has 1 aliphatic rings. The largest absolute Gasteiger partial charge is 0.310 e. The molecule has 46 valence electrons. The summed E-state index contributed by atoms with van der Waals surface area (Å²) >= 11 is 0. The molecule has 1 aliphatic carbocycles. The molecular formula is C6H12N2. The molecule has 0 unspecified atom stereocenters. The molecule has 0 bridgehead atoms. The average Bonchev–Trinajstić information content (AvgIpc) is 1.63. The molecule has 0 aromatic heterocycles. The van der Waals surface area contributed by atoms with Crippen LogP contribution in [-0.2, 0) is 0 Å². The van der Waals surface area contributed by atoms with Crippen molar-refractivity contribution in [2.75, 3.05) is 6.54 Å². The second-order valence-electron chi connectivity index (χ2n) is 2.32. The summed E-state index contributed by atoms with van der Waals surface area (Å²) in [5.74, 6) is 0.889. The van der Waals surface area contributed by atoms with Crippen molar-refractivity contribution in [2.24, 2.45) is 11.0 Å². The second kappa shape index (κ2) is 2.70. The zero-order chi connectivity index (χ0) is 5.82. The van der Waals surface area contributed by atoms with Crippen molar-refractivity contribution in [3.05, 3.63) is 0 Å². The highest BCUT2D eigenvalue weighted by atomic mass is 15.3. The first kappa shape index (κ1) is 5.60. The van der Waals surface area contributed by atoms with Crippen LogP contribution >= 0.6 is 0 Å². The minimum atomic E-state index is 0.889. The Bertz CT molecular complexity index is 76.6. The highest BCUT2D eigenvalue weighted by Crippen LogP contribution is 2.24. The number of hydrogen-bond donors (Lipinski definition) is 1. The van der Waals surface area contributed by atoms with Crippen LogP contribution in [0.25, 0.3) is 0 Å². The summed E-state index contributed by atoms with van der Waals surface area (Å²) in [5, 5.41) is 3.56. The molecule has 0 saturated heterocycles. The number of hydrazone groups is 1. The molecule has 2 heteroatoms. The van der Waals surface area contributed by atoms with Gasteiger partial charge < -0.3 is 5.43 Å². The molecule has 0 radical (unpaired) electrons. The van der Waals surface area contributed by atoms with Gasteiger partial charge in [0.05, 0.1) is 0 Å². The lowest BCUT2D eigenvalue weighted by Gasteiger charge is -2.24. The molecule has 0 aromatic carbocycles. The van der Waals surface area contributed by atoms with Gasteiger partial charge in [-0.2, -0.15) is 5.10 Å². The molecule has 1 fully saturated rings. The molecule has 0 spiro atoms. The first-order valence-corrected chi connectivity index (χ1v) is 3.12. The Morgan fingerprint density at radius 2 is 2.38 bits per heavy atom. The molecule has 0 aliphatic heterocycles. The Labute approximate surface area is 50.0 Å². The summed E-state index contributed by atoms with van der Waals surface area (Å²) in [6, 6.07) is 0. The number of hydrogen-bond acceptors (Lipinski definition) is 2. The van der Waals surface area contributed by atoms with Gasteiger partial charge in [0.2, 0.25) is 0 Å². The molecule has 2 nitrogen and oxygen atoms in total. The third-order valence-corrected chi connectivity index (χ3v) is 1.72. The fraction of sp³-hybridized carbons (Fsp3) is 0.833. The average molecular weight is 112 g/mol. The van der Waals surface area contributed by atoms with E-state index in [1.807, 2.05) is 0 Å². The van der Waals surface area contributed by atoms with E-state index in [-0.39, 0.29) is 0 Å².